The highest BCUT2D eigenvalue weighted by molar-refractivity contribution is 7.89. The highest BCUT2D eigenvalue weighted by atomic mass is 32.2. The molecular weight excluding hydrogens is 214 g/mol. The SMILES string of the molecule is CC1CCC(NS(=O)(=O)CCCCO)C1. The summed E-state index contributed by atoms with van der Waals surface area (Å²) in [6.07, 6.45) is 4.12. The molecule has 15 heavy (non-hydrogen) atoms. The molecule has 2 unspecified atom stereocenters. The Morgan fingerprint density at radius 3 is 2.60 bits per heavy atom. The van der Waals surface area contributed by atoms with Gasteiger partial charge in [-0.1, -0.05) is 6.92 Å². The summed E-state index contributed by atoms with van der Waals surface area (Å²) in [4.78, 5) is 0. The van der Waals surface area contributed by atoms with E-state index in [1.54, 1.807) is 0 Å². The quantitative estimate of drug-likeness (QED) is 0.671. The van der Waals surface area contributed by atoms with Crippen LogP contribution in [-0.4, -0.2) is 31.9 Å². The zero-order valence-electron chi connectivity index (χ0n) is 9.28. The van der Waals surface area contributed by atoms with Crippen molar-refractivity contribution in [1.29, 1.82) is 0 Å². The van der Waals surface area contributed by atoms with Crippen LogP contribution in [0.3, 0.4) is 0 Å². The molecule has 0 aromatic heterocycles. The summed E-state index contributed by atoms with van der Waals surface area (Å²) in [5.74, 6) is 0.772. The first-order chi connectivity index (χ1) is 7.03. The summed E-state index contributed by atoms with van der Waals surface area (Å²) in [7, 11) is -3.12. The van der Waals surface area contributed by atoms with Gasteiger partial charge in [-0.3, -0.25) is 0 Å². The van der Waals surface area contributed by atoms with Crippen LogP contribution in [0.2, 0.25) is 0 Å². The van der Waals surface area contributed by atoms with E-state index in [9.17, 15) is 8.42 Å². The maximum absolute atomic E-state index is 11.6. The number of sulfonamides is 1. The van der Waals surface area contributed by atoms with E-state index in [1.165, 1.54) is 0 Å². The van der Waals surface area contributed by atoms with Crippen molar-refractivity contribution in [2.45, 2.75) is 45.1 Å². The second-order valence-corrected chi connectivity index (χ2v) is 6.36. The molecule has 1 fully saturated rings. The molecule has 0 aromatic carbocycles. The summed E-state index contributed by atoms with van der Waals surface area (Å²) < 4.78 is 25.9. The largest absolute Gasteiger partial charge is 0.396 e. The Morgan fingerprint density at radius 1 is 1.33 bits per heavy atom. The lowest BCUT2D eigenvalue weighted by molar-refractivity contribution is 0.287. The van der Waals surface area contributed by atoms with Gasteiger partial charge in [0, 0.05) is 12.6 Å². The van der Waals surface area contributed by atoms with E-state index < -0.39 is 10.0 Å². The predicted molar refractivity (Wildman–Crippen MR) is 60.0 cm³/mol. The average molecular weight is 235 g/mol. The Morgan fingerprint density at radius 2 is 2.07 bits per heavy atom. The van der Waals surface area contributed by atoms with Gasteiger partial charge in [0.15, 0.2) is 0 Å². The number of unbranched alkanes of at least 4 members (excludes halogenated alkanes) is 1. The van der Waals surface area contributed by atoms with E-state index in [2.05, 4.69) is 11.6 Å². The van der Waals surface area contributed by atoms with Crippen molar-refractivity contribution >= 4 is 10.0 Å². The summed E-state index contributed by atoms with van der Waals surface area (Å²) >= 11 is 0. The van der Waals surface area contributed by atoms with Gasteiger partial charge in [0.05, 0.1) is 5.75 Å². The van der Waals surface area contributed by atoms with Crippen LogP contribution >= 0.6 is 0 Å². The van der Waals surface area contributed by atoms with Crippen LogP contribution in [-0.2, 0) is 10.0 Å². The van der Waals surface area contributed by atoms with Gasteiger partial charge in [0.2, 0.25) is 10.0 Å². The van der Waals surface area contributed by atoms with Crippen molar-refractivity contribution in [3.05, 3.63) is 0 Å². The number of nitrogens with one attached hydrogen (secondary N) is 1. The first-order valence-electron chi connectivity index (χ1n) is 5.64. The third-order valence-electron chi connectivity index (χ3n) is 2.86. The van der Waals surface area contributed by atoms with Crippen LogP contribution in [0.15, 0.2) is 0 Å². The van der Waals surface area contributed by atoms with Crippen LogP contribution in [0.25, 0.3) is 0 Å². The molecule has 2 N–H and O–H groups in total. The molecule has 0 saturated heterocycles. The van der Waals surface area contributed by atoms with Crippen molar-refractivity contribution in [3.63, 3.8) is 0 Å². The maximum atomic E-state index is 11.6. The molecule has 5 heteroatoms. The molecule has 0 heterocycles. The summed E-state index contributed by atoms with van der Waals surface area (Å²) in [6.45, 7) is 2.22. The van der Waals surface area contributed by atoms with Gasteiger partial charge in [-0.25, -0.2) is 13.1 Å². The molecule has 2 atom stereocenters. The molecule has 1 rings (SSSR count). The summed E-state index contributed by atoms with van der Waals surface area (Å²) in [5.41, 5.74) is 0. The smallest absolute Gasteiger partial charge is 0.211 e. The molecule has 1 saturated carbocycles. The lowest BCUT2D eigenvalue weighted by Crippen LogP contribution is -2.34. The minimum atomic E-state index is -3.12. The zero-order chi connectivity index (χ0) is 11.3. The Hall–Kier alpha value is -0.130. The Labute approximate surface area is 92.1 Å². The van der Waals surface area contributed by atoms with Crippen molar-refractivity contribution in [1.82, 2.24) is 4.72 Å². The second kappa shape index (κ2) is 5.82. The van der Waals surface area contributed by atoms with Crippen molar-refractivity contribution in [2.75, 3.05) is 12.4 Å². The normalized spacial score (nSPS) is 27.1. The van der Waals surface area contributed by atoms with Crippen LogP contribution < -0.4 is 4.72 Å². The van der Waals surface area contributed by atoms with E-state index in [0.717, 1.165) is 19.3 Å². The average Bonchev–Trinajstić information content (AvgIpc) is 2.50. The highest BCUT2D eigenvalue weighted by Gasteiger charge is 2.24. The minimum Gasteiger partial charge on any atom is -0.396 e. The van der Waals surface area contributed by atoms with Gasteiger partial charge in [-0.15, -0.1) is 0 Å². The third kappa shape index (κ3) is 4.95. The Balaban J connectivity index is 2.29. The summed E-state index contributed by atoms with van der Waals surface area (Å²) in [5, 5.41) is 8.57. The fraction of sp³-hybridized carbons (Fsp3) is 1.00. The van der Waals surface area contributed by atoms with Crippen LogP contribution in [0.4, 0.5) is 0 Å². The van der Waals surface area contributed by atoms with Gasteiger partial charge in [-0.05, 0) is 38.0 Å². The van der Waals surface area contributed by atoms with Crippen molar-refractivity contribution in [2.24, 2.45) is 5.92 Å². The third-order valence-corrected chi connectivity index (χ3v) is 4.38. The fourth-order valence-corrected chi connectivity index (χ4v) is 3.45. The molecule has 1 aliphatic carbocycles. The molecule has 1 aliphatic rings. The Kier molecular flexibility index (Phi) is 5.02. The van der Waals surface area contributed by atoms with Crippen LogP contribution in [0.5, 0.6) is 0 Å². The van der Waals surface area contributed by atoms with Gasteiger partial charge >= 0.3 is 0 Å². The van der Waals surface area contributed by atoms with E-state index >= 15 is 0 Å². The maximum Gasteiger partial charge on any atom is 0.211 e. The number of hydrogen-bond acceptors (Lipinski definition) is 3. The van der Waals surface area contributed by atoms with Gasteiger partial charge in [0.25, 0.3) is 0 Å². The highest BCUT2D eigenvalue weighted by Crippen LogP contribution is 2.25. The number of rotatable bonds is 6. The zero-order valence-corrected chi connectivity index (χ0v) is 10.1. The molecule has 0 aliphatic heterocycles. The molecule has 4 nitrogen and oxygen atoms in total. The first kappa shape index (κ1) is 12.9. The van der Waals surface area contributed by atoms with E-state index in [-0.39, 0.29) is 18.4 Å². The van der Waals surface area contributed by atoms with Gasteiger partial charge in [-0.2, -0.15) is 0 Å². The molecular formula is C10H21NO3S. The lowest BCUT2D eigenvalue weighted by atomic mass is 10.1. The van der Waals surface area contributed by atoms with Gasteiger partial charge in [0.1, 0.15) is 0 Å². The number of aliphatic hydroxyl groups excluding tert-OH is 1. The number of hydrogen-bond donors (Lipinski definition) is 2. The first-order valence-corrected chi connectivity index (χ1v) is 7.29. The molecule has 0 aromatic rings. The molecule has 0 radical (unpaired) electrons. The standard InChI is InChI=1S/C10H21NO3S/c1-9-4-5-10(8-9)11-15(13,14)7-3-2-6-12/h9-12H,2-8H2,1H3. The fourth-order valence-electron chi connectivity index (χ4n) is 2.03. The van der Waals surface area contributed by atoms with Crippen LogP contribution in [0, 0.1) is 5.92 Å². The Bertz CT molecular complexity index is 276. The van der Waals surface area contributed by atoms with Gasteiger partial charge < -0.3 is 5.11 Å². The van der Waals surface area contributed by atoms with Crippen molar-refractivity contribution in [3.8, 4) is 0 Å². The monoisotopic (exact) mass is 235 g/mol. The van der Waals surface area contributed by atoms with E-state index in [1.807, 2.05) is 0 Å². The van der Waals surface area contributed by atoms with Crippen LogP contribution in [0.1, 0.15) is 39.0 Å². The van der Waals surface area contributed by atoms with E-state index in [0.29, 0.717) is 18.8 Å². The van der Waals surface area contributed by atoms with Crippen molar-refractivity contribution < 1.29 is 13.5 Å². The summed E-state index contributed by atoms with van der Waals surface area (Å²) in [6, 6.07) is 0.138. The molecule has 0 bridgehead atoms. The molecule has 0 spiro atoms. The molecule has 0 amide bonds. The topological polar surface area (TPSA) is 66.4 Å². The lowest BCUT2D eigenvalue weighted by Gasteiger charge is -2.12. The van der Waals surface area contributed by atoms with E-state index in [4.69, 9.17) is 5.11 Å². The number of aliphatic hydroxyl groups is 1. The second-order valence-electron chi connectivity index (χ2n) is 4.48. The predicted octanol–water partition coefficient (Wildman–Crippen LogP) is 0.867. The minimum absolute atomic E-state index is 0.0655. The molecule has 90 valence electrons.